The van der Waals surface area contributed by atoms with Gasteiger partial charge in [-0.25, -0.2) is 4.98 Å². The lowest BCUT2D eigenvalue weighted by Crippen LogP contribution is -2.21. The molecule has 4 aromatic rings. The number of rotatable bonds is 4. The second kappa shape index (κ2) is 7.42. The van der Waals surface area contributed by atoms with Crippen LogP contribution in [0.15, 0.2) is 44.8 Å². The average molecular weight is 425 g/mol. The highest BCUT2D eigenvalue weighted by atomic mass is 32.2. The van der Waals surface area contributed by atoms with E-state index in [0.29, 0.717) is 28.5 Å². The third kappa shape index (κ3) is 3.40. The maximum Gasteiger partial charge on any atom is 0.262 e. The lowest BCUT2D eigenvalue weighted by Gasteiger charge is -2.17. The molecule has 0 radical (unpaired) electrons. The molecule has 3 heterocycles. The van der Waals surface area contributed by atoms with Gasteiger partial charge < -0.3 is 4.52 Å². The van der Waals surface area contributed by atoms with Crippen molar-refractivity contribution in [3.63, 3.8) is 0 Å². The topological polar surface area (TPSA) is 73.8 Å². The Morgan fingerprint density at radius 2 is 2.10 bits per heavy atom. The van der Waals surface area contributed by atoms with Crippen LogP contribution < -0.4 is 5.56 Å². The number of hydrogen-bond acceptors (Lipinski definition) is 7. The van der Waals surface area contributed by atoms with E-state index in [1.165, 1.54) is 22.2 Å². The molecule has 0 saturated carbocycles. The molecule has 0 saturated heterocycles. The first-order chi connectivity index (χ1) is 14.1. The highest BCUT2D eigenvalue weighted by Crippen LogP contribution is 2.36. The molecule has 0 bridgehead atoms. The van der Waals surface area contributed by atoms with Crippen LogP contribution in [0.1, 0.15) is 29.7 Å². The maximum atomic E-state index is 13.0. The summed E-state index contributed by atoms with van der Waals surface area (Å²) in [5, 5.41) is 5.54. The third-order valence-corrected chi connectivity index (χ3v) is 7.48. The van der Waals surface area contributed by atoms with Gasteiger partial charge in [0.15, 0.2) is 5.16 Å². The minimum Gasteiger partial charge on any atom is -0.338 e. The van der Waals surface area contributed by atoms with Crippen LogP contribution in [0.3, 0.4) is 0 Å². The van der Waals surface area contributed by atoms with Gasteiger partial charge in [-0.2, -0.15) is 4.98 Å². The summed E-state index contributed by atoms with van der Waals surface area (Å²) in [6.45, 7) is 2.27. The molecule has 1 aromatic carbocycles. The number of thiophene rings is 1. The van der Waals surface area contributed by atoms with Gasteiger partial charge in [-0.3, -0.25) is 9.36 Å². The molecular weight excluding hydrogens is 404 g/mol. The molecule has 3 aromatic heterocycles. The summed E-state index contributed by atoms with van der Waals surface area (Å²) in [6, 6.07) is 9.72. The van der Waals surface area contributed by atoms with Crippen LogP contribution in [0.4, 0.5) is 0 Å². The zero-order valence-corrected chi connectivity index (χ0v) is 17.8. The molecule has 0 fully saturated rings. The number of aryl methyl sites for hydroxylation is 1. The van der Waals surface area contributed by atoms with E-state index in [1.807, 2.05) is 30.3 Å². The summed E-state index contributed by atoms with van der Waals surface area (Å²) in [5.41, 5.74) is 2.18. The summed E-state index contributed by atoms with van der Waals surface area (Å²) in [5.74, 6) is 2.22. The fourth-order valence-electron chi connectivity index (χ4n) is 3.73. The Balaban J connectivity index is 1.42. The fraction of sp³-hybridized carbons (Fsp3) is 0.333. The van der Waals surface area contributed by atoms with Gasteiger partial charge in [0, 0.05) is 17.5 Å². The zero-order valence-electron chi connectivity index (χ0n) is 16.2. The average Bonchev–Trinajstić information content (AvgIpc) is 3.34. The van der Waals surface area contributed by atoms with Crippen molar-refractivity contribution in [2.45, 2.75) is 37.1 Å². The summed E-state index contributed by atoms with van der Waals surface area (Å²) < 4.78 is 7.03. The van der Waals surface area contributed by atoms with Gasteiger partial charge in [0.1, 0.15) is 4.83 Å². The SMILES string of the molecule is C[C@@H]1CCc2c(sc3nc(SCc4nc(-c5ccccc5)no4)n(C)c(=O)c23)C1. The first-order valence-electron chi connectivity index (χ1n) is 9.62. The molecule has 5 rings (SSSR count). The molecular formula is C21H20N4O2S2. The normalized spacial score (nSPS) is 16.3. The van der Waals surface area contributed by atoms with E-state index in [-0.39, 0.29) is 5.56 Å². The van der Waals surface area contributed by atoms with Crippen LogP contribution in [0.5, 0.6) is 0 Å². The Labute approximate surface area is 176 Å². The molecule has 0 unspecified atom stereocenters. The largest absolute Gasteiger partial charge is 0.338 e. The molecule has 1 atom stereocenters. The third-order valence-electron chi connectivity index (χ3n) is 5.32. The van der Waals surface area contributed by atoms with Crippen molar-refractivity contribution in [3.05, 3.63) is 57.0 Å². The first kappa shape index (κ1) is 18.6. The van der Waals surface area contributed by atoms with E-state index in [4.69, 9.17) is 9.51 Å². The molecule has 0 amide bonds. The number of fused-ring (bicyclic) bond motifs is 3. The van der Waals surface area contributed by atoms with Crippen LogP contribution in [0.2, 0.25) is 0 Å². The van der Waals surface area contributed by atoms with Crippen molar-refractivity contribution in [1.29, 1.82) is 0 Å². The predicted octanol–water partition coefficient (Wildman–Crippen LogP) is 4.46. The maximum absolute atomic E-state index is 13.0. The van der Waals surface area contributed by atoms with Gasteiger partial charge in [0.2, 0.25) is 11.7 Å². The number of hydrogen-bond donors (Lipinski definition) is 0. The van der Waals surface area contributed by atoms with Crippen molar-refractivity contribution in [3.8, 4) is 11.4 Å². The van der Waals surface area contributed by atoms with Crippen molar-refractivity contribution >= 4 is 33.3 Å². The van der Waals surface area contributed by atoms with E-state index in [2.05, 4.69) is 17.1 Å². The predicted molar refractivity (Wildman–Crippen MR) is 115 cm³/mol. The highest BCUT2D eigenvalue weighted by Gasteiger charge is 2.24. The Kier molecular flexibility index (Phi) is 4.75. The minimum absolute atomic E-state index is 0.0417. The Hall–Kier alpha value is -2.45. The van der Waals surface area contributed by atoms with Gasteiger partial charge in [-0.15, -0.1) is 11.3 Å². The minimum atomic E-state index is 0.0417. The molecule has 29 heavy (non-hydrogen) atoms. The van der Waals surface area contributed by atoms with Crippen molar-refractivity contribution in [2.75, 3.05) is 0 Å². The molecule has 0 spiro atoms. The van der Waals surface area contributed by atoms with Crippen LogP contribution >= 0.6 is 23.1 Å². The molecule has 1 aliphatic rings. The van der Waals surface area contributed by atoms with Crippen LogP contribution in [0.25, 0.3) is 21.6 Å². The Morgan fingerprint density at radius 3 is 2.93 bits per heavy atom. The molecule has 1 aliphatic carbocycles. The van der Waals surface area contributed by atoms with Crippen molar-refractivity contribution in [2.24, 2.45) is 13.0 Å². The lowest BCUT2D eigenvalue weighted by molar-refractivity contribution is 0.391. The Morgan fingerprint density at radius 1 is 1.28 bits per heavy atom. The van der Waals surface area contributed by atoms with Crippen LogP contribution in [-0.4, -0.2) is 19.7 Å². The van der Waals surface area contributed by atoms with E-state index >= 15 is 0 Å². The van der Waals surface area contributed by atoms with E-state index in [9.17, 15) is 4.79 Å². The molecule has 6 nitrogen and oxygen atoms in total. The van der Waals surface area contributed by atoms with Gasteiger partial charge in [0.05, 0.1) is 11.1 Å². The summed E-state index contributed by atoms with van der Waals surface area (Å²) >= 11 is 3.12. The standard InChI is InChI=1S/C21H20N4O2S2/c1-12-8-9-14-15(10-12)29-19-17(14)20(26)25(2)21(23-19)28-11-16-22-18(24-27-16)13-6-4-3-5-7-13/h3-7,12H,8-11H2,1-2H3/t12-/m1/s1. The van der Waals surface area contributed by atoms with Crippen molar-refractivity contribution in [1.82, 2.24) is 19.7 Å². The fourth-order valence-corrected chi connectivity index (χ4v) is 5.96. The van der Waals surface area contributed by atoms with Gasteiger partial charge in [0.25, 0.3) is 5.56 Å². The number of aromatic nitrogens is 4. The smallest absolute Gasteiger partial charge is 0.262 e. The monoisotopic (exact) mass is 424 g/mol. The van der Waals surface area contributed by atoms with E-state index in [1.54, 1.807) is 23.0 Å². The number of benzene rings is 1. The second-order valence-corrected chi connectivity index (χ2v) is 9.48. The molecule has 148 valence electrons. The molecule has 0 N–H and O–H groups in total. The number of thioether (sulfide) groups is 1. The lowest BCUT2D eigenvalue weighted by atomic mass is 9.89. The summed E-state index contributed by atoms with van der Waals surface area (Å²) in [7, 11) is 1.79. The quantitative estimate of drug-likeness (QED) is 0.356. The summed E-state index contributed by atoms with van der Waals surface area (Å²) in [4.78, 5) is 24.5. The Bertz CT molecular complexity index is 1240. The first-order valence-corrected chi connectivity index (χ1v) is 11.4. The highest BCUT2D eigenvalue weighted by molar-refractivity contribution is 7.98. The molecule has 0 aliphatic heterocycles. The van der Waals surface area contributed by atoms with Gasteiger partial charge in [-0.1, -0.05) is 54.2 Å². The van der Waals surface area contributed by atoms with Gasteiger partial charge >= 0.3 is 0 Å². The van der Waals surface area contributed by atoms with E-state index in [0.717, 1.165) is 35.0 Å². The second-order valence-electron chi connectivity index (χ2n) is 7.46. The molecule has 8 heteroatoms. The van der Waals surface area contributed by atoms with Crippen LogP contribution in [0, 0.1) is 5.92 Å². The van der Waals surface area contributed by atoms with Crippen molar-refractivity contribution < 1.29 is 4.52 Å². The van der Waals surface area contributed by atoms with E-state index < -0.39 is 0 Å². The zero-order chi connectivity index (χ0) is 20.0. The van der Waals surface area contributed by atoms with Crippen LogP contribution in [-0.2, 0) is 25.6 Å². The van der Waals surface area contributed by atoms with Gasteiger partial charge in [-0.05, 0) is 30.7 Å². The number of nitrogens with zero attached hydrogens (tertiary/aromatic N) is 4. The summed E-state index contributed by atoms with van der Waals surface area (Å²) in [6.07, 6.45) is 3.16.